The van der Waals surface area contributed by atoms with Crippen LogP contribution in [0.25, 0.3) is 0 Å². The highest BCUT2D eigenvalue weighted by Gasteiger charge is 2.37. The van der Waals surface area contributed by atoms with Gasteiger partial charge in [0.05, 0.1) is 129 Å². The number of ether oxygens (including phenoxy) is 24. The van der Waals surface area contributed by atoms with Crippen LogP contribution in [-0.4, -0.2) is 438 Å². The number of carbonyl (C=O) groups is 3. The van der Waals surface area contributed by atoms with Crippen LogP contribution in [0.5, 0.6) is 0 Å². The number of piperidine rings is 1. The minimum absolute atomic E-state index is 0.0333. The average molecular weight is 1990 g/mol. The number of unbranched alkanes of at least 4 members (excludes halogenated alkanes) is 12. The van der Waals surface area contributed by atoms with Gasteiger partial charge in [-0.3, -0.25) is 14.4 Å². The number of carbonyl (C=O) groups excluding carboxylic acids is 3. The molecule has 2 fully saturated rings. The fraction of sp³-hybridized carbons (Fsp3) is 0.971. The summed E-state index contributed by atoms with van der Waals surface area (Å²) in [4.78, 5) is 39.6. The molecule has 0 spiro atoms. The second-order valence-corrected chi connectivity index (χ2v) is 34.9. The molecular formula is C103H221N7O27. The Bertz CT molecular complexity index is 2180. The van der Waals surface area contributed by atoms with E-state index in [1.54, 1.807) is 135 Å². The minimum atomic E-state index is -0.361. The van der Waals surface area contributed by atoms with Crippen molar-refractivity contribution in [1.29, 1.82) is 0 Å². The lowest BCUT2D eigenvalue weighted by molar-refractivity contribution is -0.135. The van der Waals surface area contributed by atoms with Gasteiger partial charge in [0, 0.05) is 264 Å². The number of nitrogens with one attached hydrogen (secondary N) is 5. The van der Waals surface area contributed by atoms with Crippen molar-refractivity contribution in [2.45, 2.75) is 270 Å². The monoisotopic (exact) mass is 1990 g/mol. The Kier molecular flexibility index (Phi) is 131. The quantitative estimate of drug-likeness (QED) is 0.0353. The van der Waals surface area contributed by atoms with Gasteiger partial charge in [-0.15, -0.1) is 0 Å². The van der Waals surface area contributed by atoms with Crippen molar-refractivity contribution in [3.05, 3.63) is 0 Å². The molecule has 34 nitrogen and oxygen atoms in total. The molecule has 5 atom stereocenters. The third kappa shape index (κ3) is 103. The van der Waals surface area contributed by atoms with E-state index in [9.17, 15) is 14.4 Å². The van der Waals surface area contributed by atoms with Crippen LogP contribution in [-0.2, 0) is 128 Å². The fourth-order valence-corrected chi connectivity index (χ4v) is 14.4. The molecule has 0 aliphatic carbocycles. The predicted octanol–water partition coefficient (Wildman–Crippen LogP) is 13.3. The summed E-state index contributed by atoms with van der Waals surface area (Å²) in [6.45, 7) is 31.3. The summed E-state index contributed by atoms with van der Waals surface area (Å²) in [5.74, 6) is 1.17. The van der Waals surface area contributed by atoms with Crippen LogP contribution in [0.3, 0.4) is 0 Å². The Morgan fingerprint density at radius 2 is 0.752 bits per heavy atom. The minimum Gasteiger partial charge on any atom is -0.385 e. The van der Waals surface area contributed by atoms with Crippen molar-refractivity contribution in [3.8, 4) is 0 Å². The topological polar surface area (TPSA) is 339 Å². The van der Waals surface area contributed by atoms with Crippen LogP contribution >= 0.6 is 0 Å². The van der Waals surface area contributed by atoms with Crippen molar-refractivity contribution in [1.82, 2.24) is 36.4 Å². The maximum atomic E-state index is 12.2. The zero-order chi connectivity index (χ0) is 104. The zero-order valence-corrected chi connectivity index (χ0v) is 93.2. The largest absolute Gasteiger partial charge is 0.385 e. The summed E-state index contributed by atoms with van der Waals surface area (Å²) >= 11 is 0. The molecule has 34 heteroatoms. The number of methoxy groups -OCH3 is 19. The Morgan fingerprint density at radius 1 is 0.350 bits per heavy atom. The standard InChI is InChI=1S/C21H44O8.C16H32N2O3.C14H28N2O3.C10H23NO2.C10H22O3.C9H19NO3.C9H20O.C7H17NO2.C7H16O2/c1-22-9-5-13-26-17-21(18-27-14-6-10-23-2,19-28-15-7-11-24-3)20-29-16-8-12-25-4;1-17-10-6-4-5-7-15(19)18-11-8-16(9-12-18,13-20-2)14-21-3;1-15-8-6-4-5-7-14(17)16-10-13(19-3)9-12(16)11-18-2;1-11-7-5-4-6-10(8-12-2)9-13-3;1-4-5-6-7-13-9-10(12-3)8-11-2;1-4-5-9(11)10-8(6-12-2)7-13-3;1-3-4-5-6-7-8-9-10-2;1-8-7(6-10-3)4-5-9-2;1-4-5-7(9-3)6-8-2/h5-20H2,1-4H3;17H,4-14H2,1-3H3;12-13,15H,4-11H2,1-3H3;10-11H,4-9H2,1-3H3;10H,4-9H2,1-3H3;8H,4-7H2,1-3H3,(H,10,11);3-9H2,1-2H3;7-8H,4-6H2,1-3H3;7H,4-6H2,1-3H3. The van der Waals surface area contributed by atoms with Gasteiger partial charge in [0.2, 0.25) is 17.7 Å². The lowest BCUT2D eigenvalue weighted by Gasteiger charge is -2.41. The Labute approximate surface area is 838 Å². The number of hydrogen-bond donors (Lipinski definition) is 5. The molecule has 0 aromatic rings. The summed E-state index contributed by atoms with van der Waals surface area (Å²) in [6, 6.07) is 0.568. The highest BCUT2D eigenvalue weighted by Crippen LogP contribution is 2.33. The fourth-order valence-electron chi connectivity index (χ4n) is 14.4. The number of likely N-dealkylation sites (N-methyl/N-ethyl adjacent to an activating group) is 1. The van der Waals surface area contributed by atoms with E-state index in [0.29, 0.717) is 182 Å². The first-order valence-corrected chi connectivity index (χ1v) is 51.5. The number of amides is 3. The van der Waals surface area contributed by atoms with Crippen LogP contribution < -0.4 is 26.6 Å². The molecule has 137 heavy (non-hydrogen) atoms. The molecule has 2 aliphatic rings. The summed E-state index contributed by atoms with van der Waals surface area (Å²) in [6.07, 6.45) is 34.6. The Hall–Kier alpha value is -2.71. The third-order valence-corrected chi connectivity index (χ3v) is 22.3. The molecule has 2 rings (SSSR count). The van der Waals surface area contributed by atoms with E-state index in [-0.39, 0.29) is 46.9 Å². The van der Waals surface area contributed by atoms with Crippen LogP contribution in [0.15, 0.2) is 0 Å². The van der Waals surface area contributed by atoms with Gasteiger partial charge < -0.3 is 150 Å². The second kappa shape index (κ2) is 122. The van der Waals surface area contributed by atoms with Crippen LogP contribution in [0.4, 0.5) is 0 Å². The molecule has 0 aromatic heterocycles. The van der Waals surface area contributed by atoms with Gasteiger partial charge in [-0.25, -0.2) is 0 Å². The molecule has 830 valence electrons. The van der Waals surface area contributed by atoms with Gasteiger partial charge in [-0.1, -0.05) is 98.3 Å². The zero-order valence-electron chi connectivity index (χ0n) is 93.2. The molecule has 0 radical (unpaired) electrons. The van der Waals surface area contributed by atoms with Crippen molar-refractivity contribution in [3.63, 3.8) is 0 Å². The molecule has 0 saturated carbocycles. The SMILES string of the molecule is CCCC(=O)NC(COC)COC.CCCC(COC)OC.CCCCCCCCOC.CCCCCOCC(COC)OC.CNC(CCOC)COC.CNCCCCC(COC)COC.CNCCCCCC(=O)N1CC(OC)CC1COC.CNCCCCCC(=O)N1CCC(COC)(COC)CC1.COCCCOCC(COCCCOC)(COCCCOC)COCCCOC. The van der Waals surface area contributed by atoms with Gasteiger partial charge in [0.25, 0.3) is 0 Å². The first-order chi connectivity index (χ1) is 66.7. The van der Waals surface area contributed by atoms with Crippen LogP contribution in [0.2, 0.25) is 0 Å². The van der Waals surface area contributed by atoms with E-state index >= 15 is 0 Å². The van der Waals surface area contributed by atoms with E-state index in [0.717, 1.165) is 188 Å². The number of rotatable bonds is 86. The van der Waals surface area contributed by atoms with Gasteiger partial charge >= 0.3 is 0 Å². The molecule has 5 unspecified atom stereocenters. The highest BCUT2D eigenvalue weighted by molar-refractivity contribution is 5.77. The van der Waals surface area contributed by atoms with Gasteiger partial charge in [0.1, 0.15) is 6.10 Å². The molecule has 0 aromatic carbocycles. The van der Waals surface area contributed by atoms with E-state index in [1.165, 1.54) is 70.6 Å². The number of likely N-dealkylation sites (tertiary alicyclic amines) is 2. The first-order valence-electron chi connectivity index (χ1n) is 51.5. The summed E-state index contributed by atoms with van der Waals surface area (Å²) < 4.78 is 126. The smallest absolute Gasteiger partial charge is 0.222 e. The second-order valence-electron chi connectivity index (χ2n) is 34.9. The summed E-state index contributed by atoms with van der Waals surface area (Å²) in [5, 5.41) is 15.4. The molecule has 0 bridgehead atoms. The van der Waals surface area contributed by atoms with Crippen molar-refractivity contribution < 1.29 is 128 Å². The third-order valence-electron chi connectivity index (χ3n) is 22.3. The van der Waals surface area contributed by atoms with Crippen molar-refractivity contribution >= 4 is 17.7 Å². The average Bonchev–Trinajstić information content (AvgIpc) is 1.51. The lowest BCUT2D eigenvalue weighted by Crippen LogP contribution is -2.46. The van der Waals surface area contributed by atoms with E-state index in [2.05, 4.69) is 47.4 Å². The molecule has 2 aliphatic heterocycles. The maximum Gasteiger partial charge on any atom is 0.222 e. The Balaban J connectivity index is -0.000000285. The van der Waals surface area contributed by atoms with Gasteiger partial charge in [-0.2, -0.15) is 0 Å². The normalized spacial score (nSPS) is 14.4. The Morgan fingerprint density at radius 3 is 1.15 bits per heavy atom. The molecule has 2 heterocycles. The summed E-state index contributed by atoms with van der Waals surface area (Å²) in [7, 11) is 40.1. The highest BCUT2D eigenvalue weighted by atomic mass is 16.6. The van der Waals surface area contributed by atoms with Crippen molar-refractivity contribution in [2.24, 2.45) is 16.7 Å². The molecule has 3 amide bonds. The van der Waals surface area contributed by atoms with E-state index in [1.807, 2.05) is 44.9 Å². The lowest BCUT2D eigenvalue weighted by atomic mass is 9.79. The summed E-state index contributed by atoms with van der Waals surface area (Å²) in [5.41, 5.74) is -0.270. The maximum absolute atomic E-state index is 12.2. The predicted molar refractivity (Wildman–Crippen MR) is 554 cm³/mol. The van der Waals surface area contributed by atoms with Crippen LogP contribution in [0.1, 0.15) is 233 Å². The molecule has 5 N–H and O–H groups in total. The van der Waals surface area contributed by atoms with E-state index < -0.39 is 0 Å². The number of nitrogens with zero attached hydrogens (tertiary/aromatic N) is 2. The molecule has 2 saturated heterocycles. The number of hydrogen-bond acceptors (Lipinski definition) is 31. The first kappa shape index (κ1) is 147. The van der Waals surface area contributed by atoms with Crippen LogP contribution in [0, 0.1) is 16.7 Å². The van der Waals surface area contributed by atoms with E-state index in [4.69, 9.17) is 114 Å². The van der Waals surface area contributed by atoms with Gasteiger partial charge in [-0.05, 0) is 163 Å². The van der Waals surface area contributed by atoms with Gasteiger partial charge in [0.15, 0.2) is 0 Å². The van der Waals surface area contributed by atoms with Crippen molar-refractivity contribution in [2.75, 3.05) is 374 Å². The molecular weight excluding hydrogens is 1770 g/mol.